The van der Waals surface area contributed by atoms with Crippen molar-refractivity contribution in [2.75, 3.05) is 5.32 Å². The maximum atomic E-state index is 13.3. The van der Waals surface area contributed by atoms with Crippen molar-refractivity contribution in [1.82, 2.24) is 9.78 Å². The van der Waals surface area contributed by atoms with E-state index in [9.17, 15) is 22.4 Å². The molecule has 0 unspecified atom stereocenters. The molecule has 0 bridgehead atoms. The monoisotopic (exact) mass is 401 g/mol. The minimum absolute atomic E-state index is 0.0209. The van der Waals surface area contributed by atoms with E-state index in [0.717, 1.165) is 22.9 Å². The average molecular weight is 401 g/mol. The van der Waals surface area contributed by atoms with E-state index in [4.69, 9.17) is 0 Å². The van der Waals surface area contributed by atoms with Gasteiger partial charge in [0.15, 0.2) is 5.03 Å². The molecular formula is C19H16FN3O4S. The first-order chi connectivity index (χ1) is 13.3. The third-order valence-corrected chi connectivity index (χ3v) is 5.60. The van der Waals surface area contributed by atoms with Gasteiger partial charge in [0.2, 0.25) is 15.7 Å². The Kier molecular flexibility index (Phi) is 5.36. The van der Waals surface area contributed by atoms with Crippen LogP contribution in [0, 0.1) is 12.7 Å². The molecule has 9 heteroatoms. The fourth-order valence-corrected chi connectivity index (χ4v) is 3.67. The zero-order chi connectivity index (χ0) is 20.3. The second-order valence-corrected chi connectivity index (χ2v) is 7.89. The molecule has 7 nitrogen and oxygen atoms in total. The van der Waals surface area contributed by atoms with Crippen LogP contribution in [0.5, 0.6) is 0 Å². The SMILES string of the molecule is Cc1ccc(F)cc1NC(=O)Cn1nc(S(=O)(=O)c2ccccc2)ccc1=O. The predicted molar refractivity (Wildman–Crippen MR) is 100 cm³/mol. The lowest BCUT2D eigenvalue weighted by atomic mass is 10.2. The highest BCUT2D eigenvalue weighted by Gasteiger charge is 2.20. The second kappa shape index (κ2) is 7.73. The topological polar surface area (TPSA) is 98.1 Å². The first-order valence-electron chi connectivity index (χ1n) is 8.22. The summed E-state index contributed by atoms with van der Waals surface area (Å²) in [7, 11) is -3.94. The van der Waals surface area contributed by atoms with Gasteiger partial charge in [0, 0.05) is 11.8 Å². The molecule has 0 saturated carbocycles. The number of carbonyl (C=O) groups excluding carboxylic acids is 1. The number of benzene rings is 2. The Morgan fingerprint density at radius 2 is 1.82 bits per heavy atom. The molecule has 0 aliphatic rings. The average Bonchev–Trinajstić information content (AvgIpc) is 2.67. The van der Waals surface area contributed by atoms with Gasteiger partial charge in [-0.2, -0.15) is 5.10 Å². The maximum Gasteiger partial charge on any atom is 0.267 e. The van der Waals surface area contributed by atoms with E-state index in [1.807, 2.05) is 0 Å². The molecule has 28 heavy (non-hydrogen) atoms. The summed E-state index contributed by atoms with van der Waals surface area (Å²) in [6.07, 6.45) is 0. The molecule has 1 aromatic heterocycles. The fourth-order valence-electron chi connectivity index (χ4n) is 2.46. The third-order valence-electron chi connectivity index (χ3n) is 3.94. The molecule has 0 aliphatic carbocycles. The molecule has 144 valence electrons. The lowest BCUT2D eigenvalue weighted by Crippen LogP contribution is -2.30. The molecular weight excluding hydrogens is 385 g/mol. The first kappa shape index (κ1) is 19.4. The van der Waals surface area contributed by atoms with Crippen LogP contribution >= 0.6 is 0 Å². The number of rotatable bonds is 5. The number of nitrogens with one attached hydrogen (secondary N) is 1. The quantitative estimate of drug-likeness (QED) is 0.707. The van der Waals surface area contributed by atoms with Gasteiger partial charge in [0.25, 0.3) is 5.56 Å². The number of hydrogen-bond acceptors (Lipinski definition) is 5. The number of nitrogens with zero attached hydrogens (tertiary/aromatic N) is 2. The van der Waals surface area contributed by atoms with Crippen LogP contribution in [0.3, 0.4) is 0 Å². The molecule has 0 atom stereocenters. The van der Waals surface area contributed by atoms with E-state index in [1.165, 1.54) is 24.3 Å². The summed E-state index contributed by atoms with van der Waals surface area (Å²) in [4.78, 5) is 24.3. The van der Waals surface area contributed by atoms with Gasteiger partial charge in [0.05, 0.1) is 4.90 Å². The minimum atomic E-state index is -3.94. The van der Waals surface area contributed by atoms with Crippen LogP contribution in [-0.2, 0) is 21.2 Å². The van der Waals surface area contributed by atoms with Crippen LogP contribution in [-0.4, -0.2) is 24.1 Å². The molecule has 0 spiro atoms. The second-order valence-electron chi connectivity index (χ2n) is 5.99. The summed E-state index contributed by atoms with van der Waals surface area (Å²) < 4.78 is 39.4. The van der Waals surface area contributed by atoms with E-state index in [1.54, 1.807) is 25.1 Å². The van der Waals surface area contributed by atoms with Gasteiger partial charge in [-0.1, -0.05) is 24.3 Å². The largest absolute Gasteiger partial charge is 0.324 e. The maximum absolute atomic E-state index is 13.3. The van der Waals surface area contributed by atoms with Gasteiger partial charge in [-0.15, -0.1) is 0 Å². The van der Waals surface area contributed by atoms with Crippen molar-refractivity contribution < 1.29 is 17.6 Å². The Morgan fingerprint density at radius 1 is 1.11 bits per heavy atom. The van der Waals surface area contributed by atoms with E-state index in [0.29, 0.717) is 5.56 Å². The summed E-state index contributed by atoms with van der Waals surface area (Å²) in [5, 5.41) is 5.96. The number of aromatic nitrogens is 2. The molecule has 2 aromatic carbocycles. The summed E-state index contributed by atoms with van der Waals surface area (Å²) in [6, 6.07) is 13.7. The molecule has 0 aliphatic heterocycles. The van der Waals surface area contributed by atoms with E-state index >= 15 is 0 Å². The molecule has 1 heterocycles. The van der Waals surface area contributed by atoms with Crippen LogP contribution < -0.4 is 10.9 Å². The number of hydrogen-bond donors (Lipinski definition) is 1. The lowest BCUT2D eigenvalue weighted by molar-refractivity contribution is -0.117. The molecule has 0 radical (unpaired) electrons. The lowest BCUT2D eigenvalue weighted by Gasteiger charge is -2.10. The van der Waals surface area contributed by atoms with E-state index < -0.39 is 33.7 Å². The molecule has 3 aromatic rings. The van der Waals surface area contributed by atoms with Crippen LogP contribution in [0.4, 0.5) is 10.1 Å². The van der Waals surface area contributed by atoms with Crippen molar-refractivity contribution in [3.63, 3.8) is 0 Å². The van der Waals surface area contributed by atoms with Crippen molar-refractivity contribution in [3.05, 3.63) is 82.4 Å². The molecule has 1 amide bonds. The summed E-state index contributed by atoms with van der Waals surface area (Å²) in [5.41, 5.74) is 0.250. The van der Waals surface area contributed by atoms with E-state index in [-0.39, 0.29) is 15.6 Å². The van der Waals surface area contributed by atoms with Crippen molar-refractivity contribution in [3.8, 4) is 0 Å². The van der Waals surface area contributed by atoms with Crippen molar-refractivity contribution in [2.24, 2.45) is 0 Å². The van der Waals surface area contributed by atoms with Gasteiger partial charge < -0.3 is 5.32 Å². The van der Waals surface area contributed by atoms with Crippen LogP contribution in [0.15, 0.2) is 75.4 Å². The zero-order valence-corrected chi connectivity index (χ0v) is 15.6. The van der Waals surface area contributed by atoms with Crippen LogP contribution in [0.2, 0.25) is 0 Å². The van der Waals surface area contributed by atoms with Gasteiger partial charge in [-0.05, 0) is 42.8 Å². The Morgan fingerprint density at radius 3 is 2.54 bits per heavy atom. The molecule has 0 fully saturated rings. The van der Waals surface area contributed by atoms with Gasteiger partial charge in [0.1, 0.15) is 12.4 Å². The molecule has 3 rings (SSSR count). The summed E-state index contributed by atoms with van der Waals surface area (Å²) >= 11 is 0. The predicted octanol–water partition coefficient (Wildman–Crippen LogP) is 2.16. The summed E-state index contributed by atoms with van der Waals surface area (Å²) in [6.45, 7) is 1.17. The minimum Gasteiger partial charge on any atom is -0.324 e. The van der Waals surface area contributed by atoms with E-state index in [2.05, 4.69) is 10.4 Å². The molecule has 1 N–H and O–H groups in total. The fraction of sp³-hybridized carbons (Fsp3) is 0.105. The highest BCUT2D eigenvalue weighted by atomic mass is 32.2. The van der Waals surface area contributed by atoms with Crippen molar-refractivity contribution in [1.29, 1.82) is 0 Å². The number of amides is 1. The Labute approximate surface area is 160 Å². The Bertz CT molecular complexity index is 1190. The standard InChI is InChI=1S/C19H16FN3O4S/c1-13-7-8-14(20)11-16(13)21-17(24)12-23-19(25)10-9-18(22-23)28(26,27)15-5-3-2-4-6-15/h2-11H,12H2,1H3,(H,21,24). The number of anilines is 1. The van der Waals surface area contributed by atoms with Gasteiger partial charge >= 0.3 is 0 Å². The zero-order valence-electron chi connectivity index (χ0n) is 14.8. The van der Waals surface area contributed by atoms with Gasteiger partial charge in [-0.3, -0.25) is 9.59 Å². The molecule has 0 saturated heterocycles. The number of halogens is 1. The Hall–Kier alpha value is -3.33. The normalized spacial score (nSPS) is 11.2. The van der Waals surface area contributed by atoms with Crippen LogP contribution in [0.25, 0.3) is 0 Å². The smallest absolute Gasteiger partial charge is 0.267 e. The first-order valence-corrected chi connectivity index (χ1v) is 9.70. The third kappa shape index (κ3) is 4.15. The summed E-state index contributed by atoms with van der Waals surface area (Å²) in [5.74, 6) is -1.16. The highest BCUT2D eigenvalue weighted by molar-refractivity contribution is 7.91. The van der Waals surface area contributed by atoms with Crippen molar-refractivity contribution >= 4 is 21.4 Å². The number of sulfone groups is 1. The Balaban J connectivity index is 1.87. The van der Waals surface area contributed by atoms with Crippen molar-refractivity contribution in [2.45, 2.75) is 23.4 Å². The van der Waals surface area contributed by atoms with Gasteiger partial charge in [-0.25, -0.2) is 17.5 Å². The van der Waals surface area contributed by atoms with Crippen LogP contribution in [0.1, 0.15) is 5.56 Å². The number of aryl methyl sites for hydroxylation is 1. The number of carbonyl (C=O) groups is 1. The highest BCUT2D eigenvalue weighted by Crippen LogP contribution is 2.18.